The highest BCUT2D eigenvalue weighted by Crippen LogP contribution is 2.45. The van der Waals surface area contributed by atoms with E-state index in [-0.39, 0.29) is 50.4 Å². The summed E-state index contributed by atoms with van der Waals surface area (Å²) >= 11 is 3.34. The van der Waals surface area contributed by atoms with E-state index in [0.717, 1.165) is 4.47 Å². The summed E-state index contributed by atoms with van der Waals surface area (Å²) < 4.78 is 39.5. The average Bonchev–Trinajstić information content (AvgIpc) is 2.83. The van der Waals surface area contributed by atoms with Gasteiger partial charge in [-0.05, 0) is 48.7 Å². The molecule has 33 heavy (non-hydrogen) atoms. The van der Waals surface area contributed by atoms with Gasteiger partial charge in [0.15, 0.2) is 6.61 Å². The summed E-state index contributed by atoms with van der Waals surface area (Å²) in [6, 6.07) is 12.2. The van der Waals surface area contributed by atoms with Crippen molar-refractivity contribution in [3.63, 3.8) is 0 Å². The second-order valence-corrected chi connectivity index (χ2v) is 8.77. The van der Waals surface area contributed by atoms with Crippen molar-refractivity contribution in [1.82, 2.24) is 4.90 Å². The van der Waals surface area contributed by atoms with Gasteiger partial charge in [0.05, 0.1) is 25.0 Å². The van der Waals surface area contributed by atoms with E-state index in [2.05, 4.69) is 22.0 Å². The first kappa shape index (κ1) is 24.6. The lowest BCUT2D eigenvalue weighted by Crippen LogP contribution is -2.46. The Bertz CT molecular complexity index is 1050. The van der Waals surface area contributed by atoms with Gasteiger partial charge in [-0.15, -0.1) is 0 Å². The minimum Gasteiger partial charge on any atom is -0.483 e. The second kappa shape index (κ2) is 10.8. The van der Waals surface area contributed by atoms with E-state index < -0.39 is 23.4 Å². The molecule has 2 aromatic carbocycles. The molecule has 174 valence electrons. The van der Waals surface area contributed by atoms with Gasteiger partial charge in [-0.3, -0.25) is 9.59 Å². The molecule has 0 aromatic heterocycles. The third kappa shape index (κ3) is 5.88. The third-order valence-electron chi connectivity index (χ3n) is 5.81. The van der Waals surface area contributed by atoms with Gasteiger partial charge < -0.3 is 14.4 Å². The molecular formula is C24H23BrF2N2O4. The minimum atomic E-state index is -1.58. The van der Waals surface area contributed by atoms with Crippen LogP contribution in [0.1, 0.15) is 30.1 Å². The van der Waals surface area contributed by atoms with Crippen molar-refractivity contribution in [2.24, 2.45) is 5.41 Å². The molecule has 0 N–H and O–H groups in total. The number of nitrogens with zero attached hydrogens (tertiary/aromatic N) is 2. The Morgan fingerprint density at radius 1 is 1.21 bits per heavy atom. The van der Waals surface area contributed by atoms with Crippen molar-refractivity contribution in [2.45, 2.75) is 25.4 Å². The number of carbonyl (C=O) groups excluding carboxylic acids is 2. The van der Waals surface area contributed by atoms with E-state index in [9.17, 15) is 19.2 Å². The van der Waals surface area contributed by atoms with Crippen molar-refractivity contribution >= 4 is 27.8 Å². The second-order valence-electron chi connectivity index (χ2n) is 7.86. The maximum Gasteiger partial charge on any atom is 0.310 e. The number of rotatable bonds is 7. The number of likely N-dealkylation sites (tertiary alicyclic amines) is 1. The Balaban J connectivity index is 1.61. The summed E-state index contributed by atoms with van der Waals surface area (Å²) in [5, 5.41) is 9.72. The number of piperidine rings is 1. The van der Waals surface area contributed by atoms with Gasteiger partial charge in [0.2, 0.25) is 0 Å². The highest BCUT2D eigenvalue weighted by Gasteiger charge is 2.44. The van der Waals surface area contributed by atoms with E-state index in [0.29, 0.717) is 11.3 Å². The molecule has 1 aliphatic heterocycles. The van der Waals surface area contributed by atoms with E-state index in [1.165, 1.54) is 36.3 Å². The summed E-state index contributed by atoms with van der Waals surface area (Å²) in [5.41, 5.74) is -0.463. The molecule has 6 nitrogen and oxygen atoms in total. The molecule has 1 heterocycles. The highest BCUT2D eigenvalue weighted by molar-refractivity contribution is 9.10. The lowest BCUT2D eigenvalue weighted by molar-refractivity contribution is -0.139. The minimum absolute atomic E-state index is 0.00482. The fourth-order valence-corrected chi connectivity index (χ4v) is 4.22. The number of halogens is 3. The predicted molar refractivity (Wildman–Crippen MR) is 119 cm³/mol. The predicted octanol–water partition coefficient (Wildman–Crippen LogP) is 4.53. The number of hydrogen-bond donors (Lipinski definition) is 0. The zero-order valence-corrected chi connectivity index (χ0v) is 19.6. The number of alkyl halides is 1. The summed E-state index contributed by atoms with van der Waals surface area (Å²) in [7, 11) is 1.29. The van der Waals surface area contributed by atoms with Gasteiger partial charge in [-0.2, -0.15) is 5.26 Å². The lowest BCUT2D eigenvalue weighted by atomic mass is 9.73. The number of hydrogen-bond acceptors (Lipinski definition) is 5. The SMILES string of the molecule is COC(=O)Cc1cc(Br)ccc1OCC(=O)N1CCC(C#N)(C(F)c2ccc(F)cc2)CC1. The monoisotopic (exact) mass is 520 g/mol. The summed E-state index contributed by atoms with van der Waals surface area (Å²) in [4.78, 5) is 25.9. The first-order chi connectivity index (χ1) is 15.8. The number of methoxy groups -OCH3 is 1. The molecule has 0 saturated carbocycles. The maximum absolute atomic E-state index is 15.2. The molecule has 1 atom stereocenters. The smallest absolute Gasteiger partial charge is 0.310 e. The van der Waals surface area contributed by atoms with Crippen LogP contribution in [0.2, 0.25) is 0 Å². The van der Waals surface area contributed by atoms with Crippen molar-refractivity contribution in [2.75, 3.05) is 26.8 Å². The van der Waals surface area contributed by atoms with Crippen LogP contribution < -0.4 is 4.74 Å². The molecule has 1 unspecified atom stereocenters. The summed E-state index contributed by atoms with van der Waals surface area (Å²) in [6.45, 7) is 0.145. The summed E-state index contributed by atoms with van der Waals surface area (Å²) in [5.74, 6) is -0.820. The quantitative estimate of drug-likeness (QED) is 0.501. The molecule has 0 spiro atoms. The van der Waals surface area contributed by atoms with E-state index in [1.807, 2.05) is 0 Å². The van der Waals surface area contributed by atoms with Crippen LogP contribution in [-0.2, 0) is 20.7 Å². The fourth-order valence-electron chi connectivity index (χ4n) is 3.81. The molecule has 0 radical (unpaired) electrons. The first-order valence-corrected chi connectivity index (χ1v) is 11.1. The van der Waals surface area contributed by atoms with Crippen LogP contribution in [0.4, 0.5) is 8.78 Å². The molecular weight excluding hydrogens is 498 g/mol. The third-order valence-corrected chi connectivity index (χ3v) is 6.31. The number of esters is 1. The van der Waals surface area contributed by atoms with Gasteiger partial charge in [-0.25, -0.2) is 8.78 Å². The van der Waals surface area contributed by atoms with Crippen molar-refractivity contribution in [1.29, 1.82) is 5.26 Å². The number of nitriles is 1. The molecule has 2 aromatic rings. The van der Waals surface area contributed by atoms with Crippen molar-refractivity contribution in [3.8, 4) is 11.8 Å². The van der Waals surface area contributed by atoms with Crippen LogP contribution in [0.25, 0.3) is 0 Å². The average molecular weight is 521 g/mol. The number of ether oxygens (including phenoxy) is 2. The molecule has 1 saturated heterocycles. The number of amides is 1. The Morgan fingerprint density at radius 2 is 1.88 bits per heavy atom. The van der Waals surface area contributed by atoms with Crippen LogP contribution in [0, 0.1) is 22.6 Å². The van der Waals surface area contributed by atoms with Gasteiger partial charge in [0, 0.05) is 23.1 Å². The van der Waals surface area contributed by atoms with Gasteiger partial charge in [-0.1, -0.05) is 28.1 Å². The van der Waals surface area contributed by atoms with Gasteiger partial charge in [0.1, 0.15) is 17.7 Å². The van der Waals surface area contributed by atoms with Crippen LogP contribution in [-0.4, -0.2) is 43.6 Å². The van der Waals surface area contributed by atoms with E-state index in [4.69, 9.17) is 9.47 Å². The molecule has 1 aliphatic rings. The van der Waals surface area contributed by atoms with E-state index in [1.54, 1.807) is 18.2 Å². The van der Waals surface area contributed by atoms with E-state index >= 15 is 4.39 Å². The highest BCUT2D eigenvalue weighted by atomic mass is 79.9. The number of carbonyl (C=O) groups is 2. The normalized spacial score (nSPS) is 15.9. The lowest BCUT2D eigenvalue weighted by Gasteiger charge is -2.39. The molecule has 9 heteroatoms. The molecule has 1 fully saturated rings. The molecule has 0 aliphatic carbocycles. The summed E-state index contributed by atoms with van der Waals surface area (Å²) in [6.07, 6.45) is -1.28. The number of benzene rings is 2. The van der Waals surface area contributed by atoms with Crippen molar-refractivity contribution < 1.29 is 27.8 Å². The first-order valence-electron chi connectivity index (χ1n) is 10.3. The Morgan fingerprint density at radius 3 is 2.48 bits per heavy atom. The largest absolute Gasteiger partial charge is 0.483 e. The molecule has 0 bridgehead atoms. The fraction of sp³-hybridized carbons (Fsp3) is 0.375. The topological polar surface area (TPSA) is 79.6 Å². The van der Waals surface area contributed by atoms with Gasteiger partial charge in [0.25, 0.3) is 5.91 Å². The van der Waals surface area contributed by atoms with Crippen LogP contribution in [0.5, 0.6) is 5.75 Å². The van der Waals surface area contributed by atoms with Crippen LogP contribution >= 0.6 is 15.9 Å². The Kier molecular flexibility index (Phi) is 8.03. The van der Waals surface area contributed by atoms with Gasteiger partial charge >= 0.3 is 5.97 Å². The molecule has 1 amide bonds. The zero-order valence-electron chi connectivity index (χ0n) is 18.0. The van der Waals surface area contributed by atoms with Crippen LogP contribution in [0.15, 0.2) is 46.9 Å². The van der Waals surface area contributed by atoms with Crippen LogP contribution in [0.3, 0.4) is 0 Å². The zero-order chi connectivity index (χ0) is 24.0. The Labute approximate surface area is 199 Å². The molecule has 3 rings (SSSR count). The standard InChI is InChI=1S/C24H23BrF2N2O4/c1-32-22(31)13-17-12-18(25)4-7-20(17)33-14-21(30)29-10-8-24(15-28,9-11-29)23(27)16-2-5-19(26)6-3-16/h2-7,12,23H,8-11,13-14H2,1H3. The maximum atomic E-state index is 15.2. The van der Waals surface area contributed by atoms with Crippen molar-refractivity contribution in [3.05, 3.63) is 63.9 Å². The Hall–Kier alpha value is -2.99.